The molecule has 0 saturated carbocycles. The molecule has 0 aliphatic carbocycles. The molecule has 0 amide bonds. The summed E-state index contributed by atoms with van der Waals surface area (Å²) in [5.74, 6) is 2.34. The van der Waals surface area contributed by atoms with Gasteiger partial charge in [-0.3, -0.25) is 4.90 Å². The van der Waals surface area contributed by atoms with Crippen molar-refractivity contribution in [3.05, 3.63) is 17.7 Å². The number of fused-ring (bicyclic) bond motifs is 1. The number of likely N-dealkylation sites (tertiary alicyclic amines) is 1. The van der Waals surface area contributed by atoms with Crippen molar-refractivity contribution in [2.75, 3.05) is 46.5 Å². The summed E-state index contributed by atoms with van der Waals surface area (Å²) >= 11 is 0. The first kappa shape index (κ1) is 16.7. The van der Waals surface area contributed by atoms with E-state index in [1.807, 2.05) is 0 Å². The second-order valence-electron chi connectivity index (χ2n) is 6.71. The molecule has 4 rings (SSSR count). The number of halogens is 1. The van der Waals surface area contributed by atoms with E-state index >= 15 is 0 Å². The van der Waals surface area contributed by atoms with Crippen LogP contribution in [0.5, 0.6) is 17.2 Å². The van der Waals surface area contributed by atoms with Crippen LogP contribution in [0.25, 0.3) is 0 Å². The maximum atomic E-state index is 5.73. The first-order chi connectivity index (χ1) is 10.8. The largest absolute Gasteiger partial charge is 0.493 e. The zero-order valence-corrected chi connectivity index (χ0v) is 14.4. The van der Waals surface area contributed by atoms with Gasteiger partial charge in [0.05, 0.1) is 7.11 Å². The number of nitrogens with one attached hydrogen (secondary N) is 1. The molecule has 3 aliphatic heterocycles. The quantitative estimate of drug-likeness (QED) is 0.912. The first-order valence-corrected chi connectivity index (χ1v) is 8.18. The van der Waals surface area contributed by atoms with E-state index < -0.39 is 0 Å². The highest BCUT2D eigenvalue weighted by atomic mass is 35.5. The predicted octanol–water partition coefficient (Wildman–Crippen LogP) is 2.07. The van der Waals surface area contributed by atoms with Crippen molar-refractivity contribution >= 4 is 12.4 Å². The molecule has 23 heavy (non-hydrogen) atoms. The Balaban J connectivity index is 0.00000156. The SMILES string of the molecule is COc1cc(CN2CCC3(CCNC3)C2)cc2c1OCCO2.Cl. The van der Waals surface area contributed by atoms with Crippen molar-refractivity contribution in [2.45, 2.75) is 19.4 Å². The highest BCUT2D eigenvalue weighted by Crippen LogP contribution is 2.42. The van der Waals surface area contributed by atoms with E-state index in [2.05, 4.69) is 22.3 Å². The van der Waals surface area contributed by atoms with Crippen LogP contribution < -0.4 is 19.5 Å². The van der Waals surface area contributed by atoms with Crippen LogP contribution in [0.2, 0.25) is 0 Å². The van der Waals surface area contributed by atoms with Crippen molar-refractivity contribution in [3.8, 4) is 17.2 Å². The summed E-state index contributed by atoms with van der Waals surface area (Å²) in [5.41, 5.74) is 1.75. The van der Waals surface area contributed by atoms with Crippen LogP contribution in [-0.4, -0.2) is 51.4 Å². The van der Waals surface area contributed by atoms with Gasteiger partial charge >= 0.3 is 0 Å². The minimum Gasteiger partial charge on any atom is -0.493 e. The van der Waals surface area contributed by atoms with E-state index in [0.717, 1.165) is 23.8 Å². The van der Waals surface area contributed by atoms with Gasteiger partial charge in [0.15, 0.2) is 11.5 Å². The highest BCUT2D eigenvalue weighted by molar-refractivity contribution is 5.85. The standard InChI is InChI=1S/C17H24N2O3.ClH/c1-20-14-8-13(9-15-16(14)22-7-6-21-15)10-19-5-3-17(12-19)2-4-18-11-17;/h8-9,18H,2-7,10-12H2,1H3;1H. The Kier molecular flexibility index (Phi) is 4.90. The zero-order chi connectivity index (χ0) is 15.0. The molecule has 1 spiro atoms. The average Bonchev–Trinajstić information content (AvgIpc) is 3.17. The Morgan fingerprint density at radius 2 is 2.13 bits per heavy atom. The number of hydrogen-bond acceptors (Lipinski definition) is 5. The van der Waals surface area contributed by atoms with Crippen molar-refractivity contribution in [1.29, 1.82) is 0 Å². The molecular formula is C17H25ClN2O3. The van der Waals surface area contributed by atoms with Gasteiger partial charge in [0.25, 0.3) is 0 Å². The Bertz CT molecular complexity index is 544. The molecule has 1 aromatic carbocycles. The van der Waals surface area contributed by atoms with Crippen LogP contribution in [0.3, 0.4) is 0 Å². The molecule has 0 bridgehead atoms. The second-order valence-corrected chi connectivity index (χ2v) is 6.71. The molecule has 3 aliphatic rings. The summed E-state index contributed by atoms with van der Waals surface area (Å²) in [6.07, 6.45) is 2.62. The molecule has 6 heteroatoms. The first-order valence-electron chi connectivity index (χ1n) is 8.18. The lowest BCUT2D eigenvalue weighted by Crippen LogP contribution is -2.29. The summed E-state index contributed by atoms with van der Waals surface area (Å²) in [5, 5.41) is 3.52. The molecule has 1 unspecified atom stereocenters. The van der Waals surface area contributed by atoms with Crippen LogP contribution >= 0.6 is 12.4 Å². The van der Waals surface area contributed by atoms with Gasteiger partial charge in [0.2, 0.25) is 5.75 Å². The minimum atomic E-state index is 0. The Labute approximate surface area is 143 Å². The molecule has 0 aromatic heterocycles. The third-order valence-corrected chi connectivity index (χ3v) is 5.14. The smallest absolute Gasteiger partial charge is 0.203 e. The van der Waals surface area contributed by atoms with Gasteiger partial charge in [-0.25, -0.2) is 0 Å². The van der Waals surface area contributed by atoms with E-state index in [-0.39, 0.29) is 12.4 Å². The number of methoxy groups -OCH3 is 1. The van der Waals surface area contributed by atoms with Crippen molar-refractivity contribution in [2.24, 2.45) is 5.41 Å². The molecule has 2 saturated heterocycles. The fourth-order valence-electron chi connectivity index (χ4n) is 3.98. The predicted molar refractivity (Wildman–Crippen MR) is 91.0 cm³/mol. The number of hydrogen-bond donors (Lipinski definition) is 1. The monoisotopic (exact) mass is 340 g/mol. The lowest BCUT2D eigenvalue weighted by molar-refractivity contribution is 0.164. The van der Waals surface area contributed by atoms with E-state index in [1.165, 1.54) is 44.6 Å². The molecule has 1 aromatic rings. The lowest BCUT2D eigenvalue weighted by Gasteiger charge is -2.24. The van der Waals surface area contributed by atoms with E-state index in [1.54, 1.807) is 7.11 Å². The van der Waals surface area contributed by atoms with Crippen LogP contribution in [0.1, 0.15) is 18.4 Å². The van der Waals surface area contributed by atoms with Gasteiger partial charge in [0, 0.05) is 19.6 Å². The highest BCUT2D eigenvalue weighted by Gasteiger charge is 2.40. The van der Waals surface area contributed by atoms with Crippen LogP contribution in [0.15, 0.2) is 12.1 Å². The van der Waals surface area contributed by atoms with Crippen LogP contribution in [-0.2, 0) is 6.54 Å². The fourth-order valence-corrected chi connectivity index (χ4v) is 3.98. The molecule has 1 N–H and O–H groups in total. The summed E-state index contributed by atoms with van der Waals surface area (Å²) in [4.78, 5) is 2.55. The van der Waals surface area contributed by atoms with Gasteiger partial charge in [0.1, 0.15) is 13.2 Å². The van der Waals surface area contributed by atoms with Gasteiger partial charge in [-0.2, -0.15) is 0 Å². The fraction of sp³-hybridized carbons (Fsp3) is 0.647. The average molecular weight is 341 g/mol. The molecular weight excluding hydrogens is 316 g/mol. The van der Waals surface area contributed by atoms with Crippen LogP contribution in [0.4, 0.5) is 0 Å². The molecule has 2 fully saturated rings. The minimum absolute atomic E-state index is 0. The van der Waals surface area contributed by atoms with Gasteiger partial charge < -0.3 is 19.5 Å². The molecule has 0 radical (unpaired) electrons. The second kappa shape index (κ2) is 6.75. The molecule has 5 nitrogen and oxygen atoms in total. The number of ether oxygens (including phenoxy) is 3. The summed E-state index contributed by atoms with van der Waals surface area (Å²) in [6.45, 7) is 6.87. The molecule has 128 valence electrons. The zero-order valence-electron chi connectivity index (χ0n) is 13.6. The maximum Gasteiger partial charge on any atom is 0.203 e. The number of rotatable bonds is 3. The van der Waals surface area contributed by atoms with Gasteiger partial charge in [-0.1, -0.05) is 0 Å². The van der Waals surface area contributed by atoms with Crippen molar-refractivity contribution < 1.29 is 14.2 Å². The normalized spacial score (nSPS) is 26.3. The van der Waals surface area contributed by atoms with E-state index in [4.69, 9.17) is 14.2 Å². The van der Waals surface area contributed by atoms with Crippen molar-refractivity contribution in [3.63, 3.8) is 0 Å². The summed E-state index contributed by atoms with van der Waals surface area (Å²) in [6, 6.07) is 4.19. The van der Waals surface area contributed by atoms with Gasteiger partial charge in [-0.15, -0.1) is 12.4 Å². The number of nitrogens with zero attached hydrogens (tertiary/aromatic N) is 1. The van der Waals surface area contributed by atoms with E-state index in [0.29, 0.717) is 18.6 Å². The molecule has 1 atom stereocenters. The lowest BCUT2D eigenvalue weighted by atomic mass is 9.86. The Morgan fingerprint density at radius 1 is 1.26 bits per heavy atom. The number of benzene rings is 1. The van der Waals surface area contributed by atoms with Gasteiger partial charge in [-0.05, 0) is 49.0 Å². The van der Waals surface area contributed by atoms with E-state index in [9.17, 15) is 0 Å². The third kappa shape index (κ3) is 3.23. The maximum absolute atomic E-state index is 5.73. The Hall–Kier alpha value is -1.17. The summed E-state index contributed by atoms with van der Waals surface area (Å²) in [7, 11) is 1.69. The summed E-state index contributed by atoms with van der Waals surface area (Å²) < 4.78 is 16.9. The molecule has 3 heterocycles. The Morgan fingerprint density at radius 3 is 2.91 bits per heavy atom. The topological polar surface area (TPSA) is 43.0 Å². The van der Waals surface area contributed by atoms with Crippen molar-refractivity contribution in [1.82, 2.24) is 10.2 Å². The van der Waals surface area contributed by atoms with Crippen LogP contribution in [0, 0.1) is 5.41 Å². The third-order valence-electron chi connectivity index (χ3n) is 5.14.